The van der Waals surface area contributed by atoms with Crippen molar-refractivity contribution < 1.29 is 14.1 Å². The highest BCUT2D eigenvalue weighted by Gasteiger charge is 2.34. The number of hydrogen-bond donors (Lipinski definition) is 2. The smallest absolute Gasteiger partial charge is 0.410 e. The molecule has 2 rings (SSSR count). The average Bonchev–Trinajstić information content (AvgIpc) is 2.95. The van der Waals surface area contributed by atoms with Gasteiger partial charge in [-0.1, -0.05) is 19.0 Å². The van der Waals surface area contributed by atoms with Crippen LogP contribution in [-0.4, -0.2) is 53.4 Å². The predicted octanol–water partition coefficient (Wildman–Crippen LogP) is 2.47. The van der Waals surface area contributed by atoms with Crippen LogP contribution in [0.3, 0.4) is 0 Å². The lowest BCUT2D eigenvalue weighted by Crippen LogP contribution is -2.63. The normalized spacial score (nSPS) is 15.8. The molecule has 1 aromatic heterocycles. The highest BCUT2D eigenvalue weighted by molar-refractivity contribution is 5.80. The Bertz CT molecular complexity index is 627. The highest BCUT2D eigenvalue weighted by atomic mass is 16.6. The number of likely N-dealkylation sites (tertiary alicyclic amines) is 1. The fourth-order valence-corrected chi connectivity index (χ4v) is 2.39. The van der Waals surface area contributed by atoms with Crippen molar-refractivity contribution >= 4 is 12.1 Å². The average molecular weight is 365 g/mol. The van der Waals surface area contributed by atoms with Crippen LogP contribution in [0.2, 0.25) is 0 Å². The van der Waals surface area contributed by atoms with Crippen LogP contribution < -0.4 is 10.6 Å². The van der Waals surface area contributed by atoms with Crippen LogP contribution in [0.15, 0.2) is 15.6 Å². The number of aliphatic imine (C=N–C) groups is 1. The molecule has 0 spiro atoms. The molecule has 2 heterocycles. The Labute approximate surface area is 155 Å². The summed E-state index contributed by atoms with van der Waals surface area (Å²) in [5, 5.41) is 10.6. The monoisotopic (exact) mass is 365 g/mol. The largest absolute Gasteiger partial charge is 0.444 e. The minimum Gasteiger partial charge on any atom is -0.444 e. The molecule has 1 fully saturated rings. The molecular formula is C18H31N5O3. The van der Waals surface area contributed by atoms with Crippen LogP contribution in [0.25, 0.3) is 0 Å². The molecule has 1 aliphatic heterocycles. The summed E-state index contributed by atoms with van der Waals surface area (Å²) in [6.07, 6.45) is -0.277. The maximum atomic E-state index is 12.0. The van der Waals surface area contributed by atoms with Crippen molar-refractivity contribution in [1.29, 1.82) is 0 Å². The molecule has 2 N–H and O–H groups in total. The lowest BCUT2D eigenvalue weighted by Gasteiger charge is -2.40. The van der Waals surface area contributed by atoms with E-state index in [0.717, 1.165) is 18.0 Å². The molecule has 1 saturated heterocycles. The van der Waals surface area contributed by atoms with Crippen LogP contribution in [0.5, 0.6) is 0 Å². The first-order valence-corrected chi connectivity index (χ1v) is 9.16. The van der Waals surface area contributed by atoms with E-state index < -0.39 is 5.60 Å². The third kappa shape index (κ3) is 5.93. The summed E-state index contributed by atoms with van der Waals surface area (Å²) in [4.78, 5) is 18.2. The Morgan fingerprint density at radius 1 is 1.46 bits per heavy atom. The standard InChI is InChI=1S/C18H31N5O3/c1-7-19-16(20-9-14-8-15(12(2)3)22-26-14)21-13-10-23(11-13)17(24)25-18(4,5)6/h8,12-13H,7,9-11H2,1-6H3,(H2,19,20,21). The summed E-state index contributed by atoms with van der Waals surface area (Å²) >= 11 is 0. The fourth-order valence-electron chi connectivity index (χ4n) is 2.39. The van der Waals surface area contributed by atoms with Gasteiger partial charge in [-0.25, -0.2) is 9.79 Å². The molecule has 0 aromatic carbocycles. The number of nitrogens with zero attached hydrogens (tertiary/aromatic N) is 3. The third-order valence-corrected chi connectivity index (χ3v) is 3.78. The van der Waals surface area contributed by atoms with E-state index in [2.05, 4.69) is 34.6 Å². The molecule has 0 atom stereocenters. The van der Waals surface area contributed by atoms with Crippen molar-refractivity contribution in [2.24, 2.45) is 4.99 Å². The van der Waals surface area contributed by atoms with Gasteiger partial charge in [0.15, 0.2) is 11.7 Å². The molecule has 0 aliphatic carbocycles. The van der Waals surface area contributed by atoms with Crippen LogP contribution in [0.1, 0.15) is 58.9 Å². The molecule has 26 heavy (non-hydrogen) atoms. The Balaban J connectivity index is 1.84. The van der Waals surface area contributed by atoms with Gasteiger partial charge in [0.2, 0.25) is 0 Å². The van der Waals surface area contributed by atoms with E-state index in [-0.39, 0.29) is 12.1 Å². The van der Waals surface area contributed by atoms with Gasteiger partial charge in [0.05, 0.1) is 11.7 Å². The van der Waals surface area contributed by atoms with Gasteiger partial charge >= 0.3 is 6.09 Å². The van der Waals surface area contributed by atoms with Crippen molar-refractivity contribution in [3.63, 3.8) is 0 Å². The molecule has 1 amide bonds. The van der Waals surface area contributed by atoms with E-state index in [1.54, 1.807) is 4.90 Å². The van der Waals surface area contributed by atoms with E-state index in [1.165, 1.54) is 0 Å². The quantitative estimate of drug-likeness (QED) is 0.615. The molecule has 8 heteroatoms. The third-order valence-electron chi connectivity index (χ3n) is 3.78. The summed E-state index contributed by atoms with van der Waals surface area (Å²) in [7, 11) is 0. The number of amides is 1. The van der Waals surface area contributed by atoms with Gasteiger partial charge < -0.3 is 24.8 Å². The Kier molecular flexibility index (Phi) is 6.50. The summed E-state index contributed by atoms with van der Waals surface area (Å²) in [6, 6.07) is 2.09. The van der Waals surface area contributed by atoms with E-state index in [1.807, 2.05) is 33.8 Å². The lowest BCUT2D eigenvalue weighted by molar-refractivity contribution is 0.00701. The highest BCUT2D eigenvalue weighted by Crippen LogP contribution is 2.16. The molecule has 1 aromatic rings. The van der Waals surface area contributed by atoms with Gasteiger partial charge in [-0.15, -0.1) is 0 Å². The van der Waals surface area contributed by atoms with Crippen molar-refractivity contribution in [2.45, 2.75) is 65.6 Å². The molecule has 0 saturated carbocycles. The van der Waals surface area contributed by atoms with Gasteiger partial charge in [0.1, 0.15) is 12.1 Å². The first kappa shape index (κ1) is 20.1. The minimum atomic E-state index is -0.474. The van der Waals surface area contributed by atoms with Gasteiger partial charge in [0.25, 0.3) is 0 Å². The molecule has 8 nitrogen and oxygen atoms in total. The number of nitrogens with one attached hydrogen (secondary N) is 2. The Morgan fingerprint density at radius 2 is 2.15 bits per heavy atom. The van der Waals surface area contributed by atoms with Crippen LogP contribution in [0.4, 0.5) is 4.79 Å². The van der Waals surface area contributed by atoms with E-state index in [0.29, 0.717) is 31.5 Å². The van der Waals surface area contributed by atoms with E-state index in [4.69, 9.17) is 9.26 Å². The number of guanidine groups is 1. The number of carbonyl (C=O) groups is 1. The molecular weight excluding hydrogens is 334 g/mol. The van der Waals surface area contributed by atoms with Crippen LogP contribution in [0, 0.1) is 0 Å². The summed E-state index contributed by atoms with van der Waals surface area (Å²) in [5.74, 6) is 1.76. The van der Waals surface area contributed by atoms with Crippen molar-refractivity contribution in [3.05, 3.63) is 17.5 Å². The van der Waals surface area contributed by atoms with Crippen LogP contribution >= 0.6 is 0 Å². The van der Waals surface area contributed by atoms with E-state index in [9.17, 15) is 4.79 Å². The second kappa shape index (κ2) is 8.42. The van der Waals surface area contributed by atoms with Crippen molar-refractivity contribution in [3.8, 4) is 0 Å². The molecule has 146 valence electrons. The Hall–Kier alpha value is -2.25. The molecule has 0 bridgehead atoms. The predicted molar refractivity (Wildman–Crippen MR) is 100 cm³/mol. The first-order chi connectivity index (χ1) is 12.2. The van der Waals surface area contributed by atoms with Crippen molar-refractivity contribution in [1.82, 2.24) is 20.7 Å². The Morgan fingerprint density at radius 3 is 2.69 bits per heavy atom. The van der Waals surface area contributed by atoms with Gasteiger partial charge in [-0.2, -0.15) is 0 Å². The number of ether oxygens (including phenoxy) is 1. The number of hydrogen-bond acceptors (Lipinski definition) is 5. The number of carbonyl (C=O) groups excluding carboxylic acids is 1. The van der Waals surface area contributed by atoms with Crippen LogP contribution in [-0.2, 0) is 11.3 Å². The minimum absolute atomic E-state index is 0.154. The lowest BCUT2D eigenvalue weighted by atomic mass is 10.1. The van der Waals surface area contributed by atoms with E-state index >= 15 is 0 Å². The fraction of sp³-hybridized carbons (Fsp3) is 0.722. The maximum Gasteiger partial charge on any atom is 0.410 e. The number of rotatable bonds is 5. The second-order valence-electron chi connectivity index (χ2n) is 7.79. The summed E-state index contributed by atoms with van der Waals surface area (Å²) < 4.78 is 10.7. The van der Waals surface area contributed by atoms with Gasteiger partial charge in [-0.3, -0.25) is 0 Å². The number of aromatic nitrogens is 1. The van der Waals surface area contributed by atoms with Gasteiger partial charge in [-0.05, 0) is 33.6 Å². The zero-order valence-electron chi connectivity index (χ0n) is 16.6. The first-order valence-electron chi connectivity index (χ1n) is 9.16. The summed E-state index contributed by atoms with van der Waals surface area (Å²) in [6.45, 7) is 14.1. The second-order valence-corrected chi connectivity index (χ2v) is 7.79. The SMILES string of the molecule is CCNC(=NCc1cc(C(C)C)no1)NC1CN(C(=O)OC(C)(C)C)C1. The molecule has 0 unspecified atom stereocenters. The molecule has 0 radical (unpaired) electrons. The topological polar surface area (TPSA) is 92.0 Å². The van der Waals surface area contributed by atoms with Crippen molar-refractivity contribution in [2.75, 3.05) is 19.6 Å². The zero-order chi connectivity index (χ0) is 19.3. The maximum absolute atomic E-state index is 12.0. The summed E-state index contributed by atoms with van der Waals surface area (Å²) in [5.41, 5.74) is 0.456. The molecule has 1 aliphatic rings. The van der Waals surface area contributed by atoms with Gasteiger partial charge in [0, 0.05) is 25.7 Å². The zero-order valence-corrected chi connectivity index (χ0v) is 16.6.